The Bertz CT molecular complexity index is 899. The van der Waals surface area contributed by atoms with E-state index in [0.29, 0.717) is 26.3 Å². The number of benzene rings is 2. The zero-order valence-corrected chi connectivity index (χ0v) is 20.0. The molecule has 0 bridgehead atoms. The van der Waals surface area contributed by atoms with Crippen LogP contribution in [-0.2, 0) is 29.2 Å². The Morgan fingerprint density at radius 2 is 1.88 bits per heavy atom. The summed E-state index contributed by atoms with van der Waals surface area (Å²) in [6, 6.07) is 14.7. The second kappa shape index (κ2) is 11.3. The van der Waals surface area contributed by atoms with Gasteiger partial charge < -0.3 is 24.8 Å². The number of hydrogen-bond donors (Lipinski definition) is 2. The highest BCUT2D eigenvalue weighted by molar-refractivity contribution is 5.79. The molecule has 0 spiro atoms. The van der Waals surface area contributed by atoms with E-state index in [2.05, 4.69) is 85.8 Å². The van der Waals surface area contributed by atoms with Crippen LogP contribution in [0.1, 0.15) is 49.4 Å². The fourth-order valence-corrected chi connectivity index (χ4v) is 3.42. The second-order valence-electron chi connectivity index (χ2n) is 9.21. The molecule has 1 heterocycles. The molecule has 0 aromatic heterocycles. The third kappa shape index (κ3) is 7.84. The van der Waals surface area contributed by atoms with Gasteiger partial charge in [-0.15, -0.1) is 0 Å². The number of aliphatic imine (C=N–C) groups is 1. The molecule has 6 heteroatoms. The maximum atomic E-state index is 6.21. The average Bonchev–Trinajstić information content (AvgIpc) is 3.26. The van der Waals surface area contributed by atoms with Gasteiger partial charge in [0, 0.05) is 32.1 Å². The summed E-state index contributed by atoms with van der Waals surface area (Å²) in [6.07, 6.45) is 1.06. The first-order valence-electron chi connectivity index (χ1n) is 11.3. The minimum atomic E-state index is -0.149. The molecular formula is C26H37N3O3. The summed E-state index contributed by atoms with van der Waals surface area (Å²) in [7, 11) is 1.78. The SMILES string of the molecule is CN=C(NCc1cccc(COC(C)(C)C)c1)NCc1ccc(C)cc1OC1CCOC1. The zero-order chi connectivity index (χ0) is 23.0. The van der Waals surface area contributed by atoms with Crippen LogP contribution in [0.2, 0.25) is 0 Å². The molecule has 0 radical (unpaired) electrons. The highest BCUT2D eigenvalue weighted by Gasteiger charge is 2.19. The topological polar surface area (TPSA) is 64.1 Å². The summed E-state index contributed by atoms with van der Waals surface area (Å²) in [5.74, 6) is 1.66. The Morgan fingerprint density at radius 1 is 1.09 bits per heavy atom. The molecule has 174 valence electrons. The largest absolute Gasteiger partial charge is 0.488 e. The van der Waals surface area contributed by atoms with Crippen molar-refractivity contribution in [1.29, 1.82) is 0 Å². The second-order valence-corrected chi connectivity index (χ2v) is 9.21. The van der Waals surface area contributed by atoms with Crippen molar-refractivity contribution in [3.8, 4) is 5.75 Å². The van der Waals surface area contributed by atoms with E-state index in [-0.39, 0.29) is 11.7 Å². The van der Waals surface area contributed by atoms with E-state index >= 15 is 0 Å². The van der Waals surface area contributed by atoms with Crippen LogP contribution >= 0.6 is 0 Å². The Hall–Kier alpha value is -2.57. The van der Waals surface area contributed by atoms with Gasteiger partial charge in [0.1, 0.15) is 11.9 Å². The van der Waals surface area contributed by atoms with Crippen LogP contribution < -0.4 is 15.4 Å². The molecular weight excluding hydrogens is 402 g/mol. The van der Waals surface area contributed by atoms with Crippen molar-refractivity contribution in [2.24, 2.45) is 4.99 Å². The van der Waals surface area contributed by atoms with Crippen molar-refractivity contribution in [3.05, 3.63) is 64.7 Å². The molecule has 1 aliphatic rings. The van der Waals surface area contributed by atoms with E-state index in [9.17, 15) is 0 Å². The Labute approximate surface area is 192 Å². The van der Waals surface area contributed by atoms with Gasteiger partial charge in [0.05, 0.1) is 25.4 Å². The molecule has 2 aromatic rings. The van der Waals surface area contributed by atoms with Crippen molar-refractivity contribution in [2.45, 2.75) is 65.5 Å². The van der Waals surface area contributed by atoms with Gasteiger partial charge in [-0.25, -0.2) is 0 Å². The van der Waals surface area contributed by atoms with Gasteiger partial charge in [0.25, 0.3) is 0 Å². The summed E-state index contributed by atoms with van der Waals surface area (Å²) in [4.78, 5) is 4.37. The Balaban J connectivity index is 1.54. The van der Waals surface area contributed by atoms with Crippen LogP contribution in [0.3, 0.4) is 0 Å². The lowest BCUT2D eigenvalue weighted by Gasteiger charge is -2.20. The van der Waals surface area contributed by atoms with Gasteiger partial charge in [-0.05, 0) is 50.5 Å². The molecule has 1 saturated heterocycles. The molecule has 6 nitrogen and oxygen atoms in total. The van der Waals surface area contributed by atoms with Gasteiger partial charge in [0.2, 0.25) is 0 Å². The molecule has 2 aromatic carbocycles. The molecule has 0 saturated carbocycles. The van der Waals surface area contributed by atoms with Gasteiger partial charge in [-0.1, -0.05) is 36.4 Å². The van der Waals surface area contributed by atoms with Crippen LogP contribution in [0.25, 0.3) is 0 Å². The molecule has 1 aliphatic heterocycles. The predicted octanol–water partition coefficient (Wildman–Crippen LogP) is 4.34. The number of ether oxygens (including phenoxy) is 3. The molecule has 32 heavy (non-hydrogen) atoms. The van der Waals surface area contributed by atoms with Gasteiger partial charge >= 0.3 is 0 Å². The predicted molar refractivity (Wildman–Crippen MR) is 129 cm³/mol. The van der Waals surface area contributed by atoms with E-state index in [1.54, 1.807) is 7.05 Å². The molecule has 0 amide bonds. The maximum Gasteiger partial charge on any atom is 0.191 e. The van der Waals surface area contributed by atoms with Crippen molar-refractivity contribution in [3.63, 3.8) is 0 Å². The summed E-state index contributed by atoms with van der Waals surface area (Å²) in [5, 5.41) is 6.80. The minimum Gasteiger partial charge on any atom is -0.488 e. The van der Waals surface area contributed by atoms with Crippen molar-refractivity contribution in [2.75, 3.05) is 20.3 Å². The van der Waals surface area contributed by atoms with Crippen LogP contribution in [0, 0.1) is 6.92 Å². The maximum absolute atomic E-state index is 6.21. The Kier molecular flexibility index (Phi) is 8.53. The molecule has 0 aliphatic carbocycles. The molecule has 2 N–H and O–H groups in total. The normalized spacial score (nSPS) is 16.8. The number of nitrogens with zero attached hydrogens (tertiary/aromatic N) is 1. The summed E-state index contributed by atoms with van der Waals surface area (Å²) in [6.45, 7) is 11.6. The highest BCUT2D eigenvalue weighted by Crippen LogP contribution is 2.23. The van der Waals surface area contributed by atoms with Crippen LogP contribution in [-0.4, -0.2) is 37.9 Å². The smallest absolute Gasteiger partial charge is 0.191 e. The lowest BCUT2D eigenvalue weighted by atomic mass is 10.1. The molecule has 3 rings (SSSR count). The standard InChI is InChI=1S/C26H37N3O3/c1-19-9-10-22(24(13-19)32-23-11-12-30-18-23)16-29-25(27-5)28-15-20-7-6-8-21(14-20)17-31-26(2,3)4/h6-10,13-14,23H,11-12,15-18H2,1-5H3,(H2,27,28,29). The first kappa shape index (κ1) is 24.1. The highest BCUT2D eigenvalue weighted by atomic mass is 16.5. The van der Waals surface area contributed by atoms with Crippen molar-refractivity contribution >= 4 is 5.96 Å². The fourth-order valence-electron chi connectivity index (χ4n) is 3.42. The zero-order valence-electron chi connectivity index (χ0n) is 20.0. The number of rotatable bonds is 8. The van der Waals surface area contributed by atoms with E-state index in [1.807, 2.05) is 0 Å². The van der Waals surface area contributed by atoms with E-state index in [0.717, 1.165) is 30.3 Å². The summed E-state index contributed by atoms with van der Waals surface area (Å²) in [5.41, 5.74) is 4.49. The Morgan fingerprint density at radius 3 is 2.59 bits per heavy atom. The first-order valence-corrected chi connectivity index (χ1v) is 11.3. The molecule has 1 atom stereocenters. The van der Waals surface area contributed by atoms with Crippen LogP contribution in [0.5, 0.6) is 5.75 Å². The summed E-state index contributed by atoms with van der Waals surface area (Å²) >= 11 is 0. The fraction of sp³-hybridized carbons (Fsp3) is 0.500. The quantitative estimate of drug-likeness (QED) is 0.473. The first-order chi connectivity index (χ1) is 15.3. The van der Waals surface area contributed by atoms with Gasteiger partial charge in [-0.3, -0.25) is 4.99 Å². The minimum absolute atomic E-state index is 0.127. The van der Waals surface area contributed by atoms with Crippen LogP contribution in [0.4, 0.5) is 0 Å². The molecule has 1 unspecified atom stereocenters. The van der Waals surface area contributed by atoms with E-state index < -0.39 is 0 Å². The third-order valence-corrected chi connectivity index (χ3v) is 5.20. The lowest BCUT2D eigenvalue weighted by Crippen LogP contribution is -2.36. The average molecular weight is 440 g/mol. The van der Waals surface area contributed by atoms with Gasteiger partial charge in [-0.2, -0.15) is 0 Å². The number of nitrogens with one attached hydrogen (secondary N) is 2. The van der Waals surface area contributed by atoms with Crippen LogP contribution in [0.15, 0.2) is 47.5 Å². The van der Waals surface area contributed by atoms with E-state index in [1.165, 1.54) is 16.7 Å². The van der Waals surface area contributed by atoms with E-state index in [4.69, 9.17) is 14.2 Å². The number of guanidine groups is 1. The summed E-state index contributed by atoms with van der Waals surface area (Å²) < 4.78 is 17.6. The number of aryl methyl sites for hydroxylation is 1. The van der Waals surface area contributed by atoms with Crippen molar-refractivity contribution < 1.29 is 14.2 Å². The van der Waals surface area contributed by atoms with Gasteiger partial charge in [0.15, 0.2) is 5.96 Å². The monoisotopic (exact) mass is 439 g/mol. The lowest BCUT2D eigenvalue weighted by molar-refractivity contribution is -0.0149. The molecule has 1 fully saturated rings. The van der Waals surface area contributed by atoms with Crippen molar-refractivity contribution in [1.82, 2.24) is 10.6 Å². The third-order valence-electron chi connectivity index (χ3n) is 5.20. The number of hydrogen-bond acceptors (Lipinski definition) is 4.